The Morgan fingerprint density at radius 3 is 2.61 bits per heavy atom. The standard InChI is InChI=1S/C13H12F2N2O5S/c14-8-1-2-10(15)11(5-8)23(20,21)16-4-3-9(6-16)17-12(18)7-22-13(17)19/h1-2,5,9H,3-4,6-7H2. The molecule has 2 saturated heterocycles. The average Bonchev–Trinajstić information content (AvgIpc) is 3.09. The Hall–Kier alpha value is -2.07. The Morgan fingerprint density at radius 2 is 1.96 bits per heavy atom. The van der Waals surface area contributed by atoms with Gasteiger partial charge < -0.3 is 4.74 Å². The highest BCUT2D eigenvalue weighted by Gasteiger charge is 2.43. The van der Waals surface area contributed by atoms with E-state index in [2.05, 4.69) is 4.74 Å². The third-order valence-corrected chi connectivity index (χ3v) is 5.67. The second-order valence-corrected chi connectivity index (χ2v) is 7.10. The van der Waals surface area contributed by atoms with Crippen LogP contribution in [0.15, 0.2) is 23.1 Å². The molecule has 124 valence electrons. The summed E-state index contributed by atoms with van der Waals surface area (Å²) in [6.07, 6.45) is -0.618. The van der Waals surface area contributed by atoms with E-state index in [0.29, 0.717) is 6.07 Å². The van der Waals surface area contributed by atoms with Gasteiger partial charge in [0.2, 0.25) is 10.0 Å². The molecule has 0 aromatic heterocycles. The van der Waals surface area contributed by atoms with E-state index in [1.165, 1.54) is 0 Å². The van der Waals surface area contributed by atoms with Gasteiger partial charge in [-0.3, -0.25) is 4.79 Å². The summed E-state index contributed by atoms with van der Waals surface area (Å²) in [7, 11) is -4.26. The van der Waals surface area contributed by atoms with Crippen LogP contribution < -0.4 is 0 Å². The molecule has 0 N–H and O–H groups in total. The van der Waals surface area contributed by atoms with Gasteiger partial charge in [-0.05, 0) is 24.6 Å². The topological polar surface area (TPSA) is 84.0 Å². The second-order valence-electron chi connectivity index (χ2n) is 5.20. The summed E-state index contributed by atoms with van der Waals surface area (Å²) in [4.78, 5) is 23.2. The van der Waals surface area contributed by atoms with Crippen molar-refractivity contribution in [1.29, 1.82) is 0 Å². The molecule has 1 aromatic carbocycles. The second kappa shape index (κ2) is 5.53. The van der Waals surface area contributed by atoms with Crippen LogP contribution in [0.2, 0.25) is 0 Å². The van der Waals surface area contributed by atoms with Gasteiger partial charge in [0.05, 0.1) is 6.04 Å². The normalized spacial score (nSPS) is 22.7. The van der Waals surface area contributed by atoms with E-state index in [9.17, 15) is 26.8 Å². The first kappa shape index (κ1) is 15.8. The molecule has 0 spiro atoms. The van der Waals surface area contributed by atoms with Crippen LogP contribution in [-0.2, 0) is 19.6 Å². The number of sulfonamides is 1. The molecule has 2 aliphatic rings. The van der Waals surface area contributed by atoms with Crippen molar-refractivity contribution in [3.05, 3.63) is 29.8 Å². The molecular formula is C13H12F2N2O5S. The zero-order valence-electron chi connectivity index (χ0n) is 11.7. The molecule has 7 nitrogen and oxygen atoms in total. The number of benzene rings is 1. The summed E-state index contributed by atoms with van der Waals surface area (Å²) in [5, 5.41) is 0. The maximum Gasteiger partial charge on any atom is 0.417 e. The van der Waals surface area contributed by atoms with Gasteiger partial charge in [0.25, 0.3) is 5.91 Å². The van der Waals surface area contributed by atoms with Crippen molar-refractivity contribution in [2.45, 2.75) is 17.4 Å². The SMILES string of the molecule is O=C1COC(=O)N1C1CCN(S(=O)(=O)c2cc(F)ccc2F)C1. The van der Waals surface area contributed by atoms with Crippen LogP contribution in [0.3, 0.4) is 0 Å². The molecule has 0 aliphatic carbocycles. The number of rotatable bonds is 3. The summed E-state index contributed by atoms with van der Waals surface area (Å²) in [5.41, 5.74) is 0. The minimum atomic E-state index is -4.26. The molecule has 2 fully saturated rings. The lowest BCUT2D eigenvalue weighted by Crippen LogP contribution is -2.42. The zero-order valence-corrected chi connectivity index (χ0v) is 12.6. The van der Waals surface area contributed by atoms with Gasteiger partial charge in [-0.25, -0.2) is 26.9 Å². The fraction of sp³-hybridized carbons (Fsp3) is 0.385. The molecule has 2 heterocycles. The van der Waals surface area contributed by atoms with Crippen molar-refractivity contribution < 1.29 is 31.5 Å². The number of ether oxygens (including phenoxy) is 1. The maximum atomic E-state index is 13.7. The van der Waals surface area contributed by atoms with Crippen LogP contribution in [0.25, 0.3) is 0 Å². The number of halogens is 2. The molecule has 2 amide bonds. The van der Waals surface area contributed by atoms with Crippen LogP contribution in [0.4, 0.5) is 13.6 Å². The number of hydrogen-bond acceptors (Lipinski definition) is 5. The molecule has 1 aromatic rings. The van der Waals surface area contributed by atoms with E-state index < -0.39 is 44.6 Å². The monoisotopic (exact) mass is 346 g/mol. The predicted octanol–water partition coefficient (Wildman–Crippen LogP) is 0.707. The number of hydrogen-bond donors (Lipinski definition) is 0. The molecule has 0 bridgehead atoms. The molecule has 1 atom stereocenters. The molecule has 10 heteroatoms. The average molecular weight is 346 g/mol. The largest absolute Gasteiger partial charge is 0.439 e. The summed E-state index contributed by atoms with van der Waals surface area (Å²) in [6.45, 7) is -0.570. The van der Waals surface area contributed by atoms with Gasteiger partial charge in [-0.1, -0.05) is 0 Å². The van der Waals surface area contributed by atoms with Gasteiger partial charge in [-0.15, -0.1) is 0 Å². The van der Waals surface area contributed by atoms with E-state index in [4.69, 9.17) is 0 Å². The van der Waals surface area contributed by atoms with Crippen LogP contribution in [0, 0.1) is 11.6 Å². The highest BCUT2D eigenvalue weighted by molar-refractivity contribution is 7.89. The first-order valence-corrected chi connectivity index (χ1v) is 8.19. The number of nitrogens with zero attached hydrogens (tertiary/aromatic N) is 2. The lowest BCUT2D eigenvalue weighted by Gasteiger charge is -2.20. The first-order valence-electron chi connectivity index (χ1n) is 6.74. The molecular weight excluding hydrogens is 334 g/mol. The van der Waals surface area contributed by atoms with Gasteiger partial charge in [0.15, 0.2) is 6.61 Å². The van der Waals surface area contributed by atoms with Gasteiger partial charge >= 0.3 is 6.09 Å². The molecule has 2 aliphatic heterocycles. The summed E-state index contributed by atoms with van der Waals surface area (Å²) in [6, 6.07) is 1.48. The molecule has 3 rings (SSSR count). The highest BCUT2D eigenvalue weighted by Crippen LogP contribution is 2.27. The van der Waals surface area contributed by atoms with Gasteiger partial charge in [0, 0.05) is 13.1 Å². The van der Waals surface area contributed by atoms with Crippen molar-refractivity contribution >= 4 is 22.0 Å². The van der Waals surface area contributed by atoms with Crippen molar-refractivity contribution in [3.8, 4) is 0 Å². The Balaban J connectivity index is 1.84. The summed E-state index contributed by atoms with van der Waals surface area (Å²) >= 11 is 0. The summed E-state index contributed by atoms with van der Waals surface area (Å²) in [5.74, 6) is -2.48. The molecule has 0 saturated carbocycles. The third kappa shape index (κ3) is 2.68. The van der Waals surface area contributed by atoms with E-state index in [-0.39, 0.29) is 26.1 Å². The van der Waals surface area contributed by atoms with Gasteiger partial charge in [0.1, 0.15) is 16.5 Å². The Kier molecular flexibility index (Phi) is 3.80. The lowest BCUT2D eigenvalue weighted by molar-refractivity contribution is -0.127. The van der Waals surface area contributed by atoms with Crippen LogP contribution >= 0.6 is 0 Å². The van der Waals surface area contributed by atoms with E-state index in [1.54, 1.807) is 0 Å². The first-order chi connectivity index (χ1) is 10.8. The third-order valence-electron chi connectivity index (χ3n) is 3.79. The number of carbonyl (C=O) groups excluding carboxylic acids is 2. The van der Waals surface area contributed by atoms with Crippen LogP contribution in [0.1, 0.15) is 6.42 Å². The zero-order chi connectivity index (χ0) is 16.8. The molecule has 23 heavy (non-hydrogen) atoms. The minimum Gasteiger partial charge on any atom is -0.439 e. The van der Waals surface area contributed by atoms with Crippen LogP contribution in [-0.4, -0.2) is 55.4 Å². The van der Waals surface area contributed by atoms with Crippen molar-refractivity contribution in [3.63, 3.8) is 0 Å². The number of cyclic esters (lactones) is 1. The quantitative estimate of drug-likeness (QED) is 0.805. The Morgan fingerprint density at radius 1 is 1.22 bits per heavy atom. The van der Waals surface area contributed by atoms with E-state index in [1.807, 2.05) is 0 Å². The fourth-order valence-corrected chi connectivity index (χ4v) is 4.24. The van der Waals surface area contributed by atoms with Crippen molar-refractivity contribution in [2.24, 2.45) is 0 Å². The van der Waals surface area contributed by atoms with E-state index >= 15 is 0 Å². The minimum absolute atomic E-state index is 0.0139. The van der Waals surface area contributed by atoms with Crippen molar-refractivity contribution in [1.82, 2.24) is 9.21 Å². The number of amides is 2. The van der Waals surface area contributed by atoms with Gasteiger partial charge in [-0.2, -0.15) is 4.31 Å². The maximum absolute atomic E-state index is 13.7. The predicted molar refractivity (Wildman–Crippen MR) is 71.7 cm³/mol. The lowest BCUT2D eigenvalue weighted by atomic mass is 10.2. The Bertz CT molecular complexity index is 767. The molecule has 1 unspecified atom stereocenters. The number of carbonyl (C=O) groups is 2. The van der Waals surface area contributed by atoms with Crippen LogP contribution in [0.5, 0.6) is 0 Å². The van der Waals surface area contributed by atoms with Crippen molar-refractivity contribution in [2.75, 3.05) is 19.7 Å². The summed E-state index contributed by atoms with van der Waals surface area (Å²) < 4.78 is 57.3. The molecule has 0 radical (unpaired) electrons. The highest BCUT2D eigenvalue weighted by atomic mass is 32.2. The smallest absolute Gasteiger partial charge is 0.417 e. The Labute approximate surface area is 130 Å². The fourth-order valence-electron chi connectivity index (χ4n) is 2.67. The van der Waals surface area contributed by atoms with E-state index in [0.717, 1.165) is 21.3 Å². The number of imide groups is 1.